The maximum absolute atomic E-state index is 3.75. The zero-order chi connectivity index (χ0) is 14.2. The van der Waals surface area contributed by atoms with Gasteiger partial charge in [0.2, 0.25) is 0 Å². The van der Waals surface area contributed by atoms with E-state index in [-0.39, 0.29) is 0 Å². The lowest BCUT2D eigenvalue weighted by atomic mass is 10.0. The molecule has 0 spiro atoms. The van der Waals surface area contributed by atoms with E-state index in [9.17, 15) is 0 Å². The van der Waals surface area contributed by atoms with Crippen LogP contribution in [0.2, 0.25) is 0 Å². The van der Waals surface area contributed by atoms with Crippen LogP contribution in [0.15, 0.2) is 30.3 Å². The van der Waals surface area contributed by atoms with Crippen LogP contribution in [0.4, 0.5) is 0 Å². The van der Waals surface area contributed by atoms with Crippen LogP contribution in [-0.4, -0.2) is 31.1 Å². The molecule has 0 heterocycles. The zero-order valence-corrected chi connectivity index (χ0v) is 13.1. The van der Waals surface area contributed by atoms with Gasteiger partial charge >= 0.3 is 0 Å². The standard InChI is InChI=1S/C18H30N2/c1-3-9-18(16-10-5-4-6-11-16)19-14-15-20(2)17-12-7-8-13-17/h4-6,10-11,17-19H,3,7-9,12-15H2,1-2H3. The molecule has 0 amide bonds. The summed E-state index contributed by atoms with van der Waals surface area (Å²) in [5.74, 6) is 0. The van der Waals surface area contributed by atoms with Gasteiger partial charge in [-0.3, -0.25) is 0 Å². The lowest BCUT2D eigenvalue weighted by Crippen LogP contribution is -2.36. The number of rotatable bonds is 8. The largest absolute Gasteiger partial charge is 0.309 e. The summed E-state index contributed by atoms with van der Waals surface area (Å²) in [5.41, 5.74) is 1.43. The molecule has 0 radical (unpaired) electrons. The summed E-state index contributed by atoms with van der Waals surface area (Å²) in [7, 11) is 2.29. The minimum Gasteiger partial charge on any atom is -0.309 e. The lowest BCUT2D eigenvalue weighted by Gasteiger charge is -2.26. The lowest BCUT2D eigenvalue weighted by molar-refractivity contribution is 0.241. The first kappa shape index (κ1) is 15.5. The summed E-state index contributed by atoms with van der Waals surface area (Å²) in [5, 5.41) is 3.75. The summed E-state index contributed by atoms with van der Waals surface area (Å²) in [4.78, 5) is 2.55. The molecule has 0 bridgehead atoms. The fourth-order valence-corrected chi connectivity index (χ4v) is 3.30. The smallest absolute Gasteiger partial charge is 0.0320 e. The molecular formula is C18H30N2. The summed E-state index contributed by atoms with van der Waals surface area (Å²) in [6.45, 7) is 4.52. The van der Waals surface area contributed by atoms with Crippen LogP contribution < -0.4 is 5.32 Å². The molecule has 1 aliphatic rings. The Labute approximate surface area is 124 Å². The third kappa shape index (κ3) is 4.60. The highest BCUT2D eigenvalue weighted by Crippen LogP contribution is 2.22. The Balaban J connectivity index is 1.77. The molecule has 0 aliphatic heterocycles. The molecule has 2 nitrogen and oxygen atoms in total. The van der Waals surface area contributed by atoms with Gasteiger partial charge in [0.1, 0.15) is 0 Å². The van der Waals surface area contributed by atoms with Gasteiger partial charge in [0.15, 0.2) is 0 Å². The van der Waals surface area contributed by atoms with Gasteiger partial charge in [-0.1, -0.05) is 56.5 Å². The van der Waals surface area contributed by atoms with Gasteiger partial charge in [-0.25, -0.2) is 0 Å². The fraction of sp³-hybridized carbons (Fsp3) is 0.667. The SMILES string of the molecule is CCCC(NCCN(C)C1CCCC1)c1ccccc1. The average Bonchev–Trinajstić information content (AvgIpc) is 3.01. The van der Waals surface area contributed by atoms with Crippen molar-refractivity contribution >= 4 is 0 Å². The van der Waals surface area contributed by atoms with Crippen LogP contribution in [0.25, 0.3) is 0 Å². The van der Waals surface area contributed by atoms with Gasteiger partial charge in [0.05, 0.1) is 0 Å². The third-order valence-corrected chi connectivity index (χ3v) is 4.58. The van der Waals surface area contributed by atoms with E-state index >= 15 is 0 Å². The molecule has 2 heteroatoms. The van der Waals surface area contributed by atoms with E-state index in [0.29, 0.717) is 6.04 Å². The summed E-state index contributed by atoms with van der Waals surface area (Å²) >= 11 is 0. The van der Waals surface area contributed by atoms with Crippen molar-refractivity contribution in [3.8, 4) is 0 Å². The van der Waals surface area contributed by atoms with E-state index in [4.69, 9.17) is 0 Å². The highest BCUT2D eigenvalue weighted by Gasteiger charge is 2.19. The first-order valence-corrected chi connectivity index (χ1v) is 8.30. The van der Waals surface area contributed by atoms with Gasteiger partial charge in [0, 0.05) is 25.2 Å². The van der Waals surface area contributed by atoms with Crippen molar-refractivity contribution in [3.05, 3.63) is 35.9 Å². The molecule has 1 saturated carbocycles. The van der Waals surface area contributed by atoms with Crippen molar-refractivity contribution in [2.75, 3.05) is 20.1 Å². The van der Waals surface area contributed by atoms with Crippen molar-refractivity contribution in [1.82, 2.24) is 10.2 Å². The topological polar surface area (TPSA) is 15.3 Å². The Hall–Kier alpha value is -0.860. The van der Waals surface area contributed by atoms with Crippen LogP contribution in [0.3, 0.4) is 0 Å². The number of nitrogens with one attached hydrogen (secondary N) is 1. The number of nitrogens with zero attached hydrogens (tertiary/aromatic N) is 1. The van der Waals surface area contributed by atoms with Crippen LogP contribution in [0, 0.1) is 0 Å². The Morgan fingerprint density at radius 2 is 1.90 bits per heavy atom. The Kier molecular flexibility index (Phi) is 6.55. The monoisotopic (exact) mass is 274 g/mol. The summed E-state index contributed by atoms with van der Waals surface area (Å²) in [6.07, 6.45) is 8.08. The minimum absolute atomic E-state index is 0.512. The number of hydrogen-bond acceptors (Lipinski definition) is 2. The second-order valence-electron chi connectivity index (χ2n) is 6.12. The third-order valence-electron chi connectivity index (χ3n) is 4.58. The van der Waals surface area contributed by atoms with Crippen LogP contribution >= 0.6 is 0 Å². The Morgan fingerprint density at radius 1 is 1.20 bits per heavy atom. The zero-order valence-electron chi connectivity index (χ0n) is 13.1. The van der Waals surface area contributed by atoms with Gasteiger partial charge in [-0.2, -0.15) is 0 Å². The Morgan fingerprint density at radius 3 is 2.55 bits per heavy atom. The van der Waals surface area contributed by atoms with E-state index in [1.165, 1.54) is 44.1 Å². The second kappa shape index (κ2) is 8.43. The van der Waals surface area contributed by atoms with Crippen molar-refractivity contribution in [1.29, 1.82) is 0 Å². The Bertz CT molecular complexity index is 357. The number of benzene rings is 1. The second-order valence-corrected chi connectivity index (χ2v) is 6.12. The molecule has 1 aliphatic carbocycles. The molecule has 1 aromatic rings. The maximum atomic E-state index is 3.75. The summed E-state index contributed by atoms with van der Waals surface area (Å²) < 4.78 is 0. The molecular weight excluding hydrogens is 244 g/mol. The fourth-order valence-electron chi connectivity index (χ4n) is 3.30. The van der Waals surface area contributed by atoms with Gasteiger partial charge < -0.3 is 10.2 Å². The molecule has 0 saturated heterocycles. The predicted octanol–water partition coefficient (Wildman–Crippen LogP) is 3.99. The molecule has 0 aromatic heterocycles. The maximum Gasteiger partial charge on any atom is 0.0320 e. The normalized spacial score (nSPS) is 17.8. The van der Waals surface area contributed by atoms with Crippen molar-refractivity contribution in [2.45, 2.75) is 57.5 Å². The van der Waals surface area contributed by atoms with E-state index in [2.05, 4.69) is 54.5 Å². The predicted molar refractivity (Wildman–Crippen MR) is 87.0 cm³/mol. The van der Waals surface area contributed by atoms with Gasteiger partial charge in [0.25, 0.3) is 0 Å². The van der Waals surface area contributed by atoms with E-state index in [1.807, 2.05) is 0 Å². The van der Waals surface area contributed by atoms with Crippen LogP contribution in [0.5, 0.6) is 0 Å². The van der Waals surface area contributed by atoms with Gasteiger partial charge in [-0.05, 0) is 31.9 Å². The van der Waals surface area contributed by atoms with Crippen molar-refractivity contribution < 1.29 is 0 Å². The highest BCUT2D eigenvalue weighted by atomic mass is 15.1. The van der Waals surface area contributed by atoms with Crippen LogP contribution in [-0.2, 0) is 0 Å². The highest BCUT2D eigenvalue weighted by molar-refractivity contribution is 5.18. The molecule has 1 N–H and O–H groups in total. The molecule has 1 unspecified atom stereocenters. The van der Waals surface area contributed by atoms with Crippen LogP contribution in [0.1, 0.15) is 57.1 Å². The molecule has 2 rings (SSSR count). The first-order valence-electron chi connectivity index (χ1n) is 8.30. The van der Waals surface area contributed by atoms with E-state index in [1.54, 1.807) is 0 Å². The summed E-state index contributed by atoms with van der Waals surface area (Å²) in [6, 6.07) is 12.2. The number of hydrogen-bond donors (Lipinski definition) is 1. The molecule has 112 valence electrons. The van der Waals surface area contributed by atoms with E-state index in [0.717, 1.165) is 19.1 Å². The molecule has 1 aromatic carbocycles. The molecule has 1 atom stereocenters. The first-order chi connectivity index (χ1) is 9.81. The van der Waals surface area contributed by atoms with Gasteiger partial charge in [-0.15, -0.1) is 0 Å². The molecule has 1 fully saturated rings. The van der Waals surface area contributed by atoms with Crippen molar-refractivity contribution in [2.24, 2.45) is 0 Å². The minimum atomic E-state index is 0.512. The van der Waals surface area contributed by atoms with E-state index < -0.39 is 0 Å². The average molecular weight is 274 g/mol. The molecule has 20 heavy (non-hydrogen) atoms. The quantitative estimate of drug-likeness (QED) is 0.771. The van der Waals surface area contributed by atoms with Crippen molar-refractivity contribution in [3.63, 3.8) is 0 Å². The number of likely N-dealkylation sites (N-methyl/N-ethyl adjacent to an activating group) is 1.